The Morgan fingerprint density at radius 1 is 1.50 bits per heavy atom. The van der Waals surface area contributed by atoms with Crippen molar-refractivity contribution in [3.05, 3.63) is 39.0 Å². The second kappa shape index (κ2) is 4.03. The molecule has 1 aromatic heterocycles. The minimum atomic E-state index is -0.573. The number of aryl methyl sites for hydroxylation is 1. The summed E-state index contributed by atoms with van der Waals surface area (Å²) in [4.78, 5) is 15.3. The summed E-state index contributed by atoms with van der Waals surface area (Å²) in [5.41, 5.74) is 7.23. The molecule has 0 unspecified atom stereocenters. The number of carbonyl (C=O) groups is 1. The Morgan fingerprint density at radius 3 is 2.81 bits per heavy atom. The van der Waals surface area contributed by atoms with Crippen molar-refractivity contribution in [1.29, 1.82) is 0 Å². The summed E-state index contributed by atoms with van der Waals surface area (Å²) in [6.45, 7) is 1.96. The highest BCUT2D eigenvalue weighted by Crippen LogP contribution is 2.31. The smallest absolute Gasteiger partial charge is 0.251 e. The van der Waals surface area contributed by atoms with Gasteiger partial charge in [-0.25, -0.2) is 0 Å². The average Bonchev–Trinajstić information content (AvgIpc) is 2.23. The van der Waals surface area contributed by atoms with E-state index in [-0.39, 0.29) is 5.56 Å². The lowest BCUT2D eigenvalue weighted by atomic mass is 10.1. The molecule has 0 aliphatic heterocycles. The minimum Gasteiger partial charge on any atom is -0.366 e. The van der Waals surface area contributed by atoms with Gasteiger partial charge in [0.2, 0.25) is 0 Å². The summed E-state index contributed by atoms with van der Waals surface area (Å²) < 4.78 is 0.878. The number of hydrogen-bond acceptors (Lipinski definition) is 2. The number of hydrogen-bond donors (Lipinski definition) is 1. The lowest BCUT2D eigenvalue weighted by Gasteiger charge is -2.07. The van der Waals surface area contributed by atoms with Gasteiger partial charge in [-0.1, -0.05) is 23.7 Å². The molecule has 0 fully saturated rings. The molecular weight excluding hydrogens is 291 g/mol. The van der Waals surface area contributed by atoms with Gasteiger partial charge in [-0.05, 0) is 28.4 Å². The van der Waals surface area contributed by atoms with E-state index in [1.165, 1.54) is 6.20 Å². The molecule has 1 amide bonds. The molecule has 5 heteroatoms. The van der Waals surface area contributed by atoms with Crippen molar-refractivity contribution < 1.29 is 4.79 Å². The van der Waals surface area contributed by atoms with Crippen LogP contribution < -0.4 is 5.73 Å². The lowest BCUT2D eigenvalue weighted by molar-refractivity contribution is 0.100. The number of benzene rings is 1. The second-order valence-corrected chi connectivity index (χ2v) is 4.61. The average molecular weight is 300 g/mol. The number of amides is 1. The van der Waals surface area contributed by atoms with Gasteiger partial charge >= 0.3 is 0 Å². The Hall–Kier alpha value is -1.13. The fourth-order valence-electron chi connectivity index (χ4n) is 1.47. The van der Waals surface area contributed by atoms with Crippen molar-refractivity contribution in [1.82, 2.24) is 4.98 Å². The van der Waals surface area contributed by atoms with E-state index in [1.54, 1.807) is 0 Å². The van der Waals surface area contributed by atoms with E-state index in [1.807, 2.05) is 19.1 Å². The first-order valence-electron chi connectivity index (χ1n) is 4.55. The first kappa shape index (κ1) is 11.4. The molecule has 2 rings (SSSR count). The van der Waals surface area contributed by atoms with E-state index in [9.17, 15) is 4.79 Å². The van der Waals surface area contributed by atoms with Gasteiger partial charge in [0.15, 0.2) is 0 Å². The van der Waals surface area contributed by atoms with Gasteiger partial charge in [0, 0.05) is 16.1 Å². The minimum absolute atomic E-state index is 0.241. The van der Waals surface area contributed by atoms with Gasteiger partial charge in [0.25, 0.3) is 5.91 Å². The van der Waals surface area contributed by atoms with Crippen molar-refractivity contribution in [2.75, 3.05) is 0 Å². The number of fused-ring (bicyclic) bond motifs is 1. The summed E-state index contributed by atoms with van der Waals surface area (Å²) in [5, 5.41) is 1.06. The number of primary amides is 1. The van der Waals surface area contributed by atoms with Crippen LogP contribution in [0.1, 0.15) is 15.9 Å². The molecule has 82 valence electrons. The van der Waals surface area contributed by atoms with Crippen molar-refractivity contribution in [2.24, 2.45) is 5.73 Å². The zero-order valence-corrected chi connectivity index (χ0v) is 10.8. The Bertz CT molecular complexity index is 598. The van der Waals surface area contributed by atoms with E-state index in [2.05, 4.69) is 20.9 Å². The largest absolute Gasteiger partial charge is 0.366 e. The molecule has 0 bridgehead atoms. The van der Waals surface area contributed by atoms with Crippen LogP contribution in [0.4, 0.5) is 0 Å². The van der Waals surface area contributed by atoms with Crippen LogP contribution in [0, 0.1) is 6.92 Å². The monoisotopic (exact) mass is 298 g/mol. The van der Waals surface area contributed by atoms with Crippen LogP contribution in [0.25, 0.3) is 10.9 Å². The molecule has 0 saturated heterocycles. The predicted octanol–water partition coefficient (Wildman–Crippen LogP) is 3.06. The number of nitrogens with zero attached hydrogens (tertiary/aromatic N) is 1. The summed E-state index contributed by atoms with van der Waals surface area (Å²) in [6, 6.07) is 3.74. The zero-order chi connectivity index (χ0) is 11.9. The third-order valence-corrected chi connectivity index (χ3v) is 3.78. The SMILES string of the molecule is Cc1ccc2c(Cl)c(C(N)=O)cnc2c1Br. The van der Waals surface area contributed by atoms with Gasteiger partial charge in [-0.3, -0.25) is 9.78 Å². The molecule has 0 atom stereocenters. The summed E-state index contributed by atoms with van der Waals surface area (Å²) in [7, 11) is 0. The highest BCUT2D eigenvalue weighted by molar-refractivity contribution is 9.10. The Kier molecular flexibility index (Phi) is 2.86. The Morgan fingerprint density at radius 2 is 2.19 bits per heavy atom. The number of aromatic nitrogens is 1. The zero-order valence-electron chi connectivity index (χ0n) is 8.42. The fourth-order valence-corrected chi connectivity index (χ4v) is 2.21. The first-order valence-corrected chi connectivity index (χ1v) is 5.72. The third-order valence-electron chi connectivity index (χ3n) is 2.37. The topological polar surface area (TPSA) is 56.0 Å². The van der Waals surface area contributed by atoms with Crippen LogP contribution in [-0.4, -0.2) is 10.9 Å². The molecule has 0 saturated carbocycles. The lowest BCUT2D eigenvalue weighted by Crippen LogP contribution is -2.12. The fraction of sp³-hybridized carbons (Fsp3) is 0.0909. The van der Waals surface area contributed by atoms with Gasteiger partial charge in [0.1, 0.15) is 0 Å². The van der Waals surface area contributed by atoms with E-state index < -0.39 is 5.91 Å². The molecule has 0 spiro atoms. The maximum absolute atomic E-state index is 11.1. The van der Waals surface area contributed by atoms with E-state index in [0.717, 1.165) is 20.9 Å². The van der Waals surface area contributed by atoms with Crippen LogP contribution in [0.2, 0.25) is 5.02 Å². The van der Waals surface area contributed by atoms with Crippen LogP contribution in [0.15, 0.2) is 22.8 Å². The number of halogens is 2. The van der Waals surface area contributed by atoms with Gasteiger partial charge < -0.3 is 5.73 Å². The number of pyridine rings is 1. The summed E-state index contributed by atoms with van der Waals surface area (Å²) in [5.74, 6) is -0.573. The quantitative estimate of drug-likeness (QED) is 0.880. The summed E-state index contributed by atoms with van der Waals surface area (Å²) in [6.07, 6.45) is 1.40. The summed E-state index contributed by atoms with van der Waals surface area (Å²) >= 11 is 9.54. The van der Waals surface area contributed by atoms with E-state index in [4.69, 9.17) is 17.3 Å². The maximum atomic E-state index is 11.1. The van der Waals surface area contributed by atoms with Crippen molar-refractivity contribution in [3.63, 3.8) is 0 Å². The standard InChI is InChI=1S/C11H8BrClN2O/c1-5-2-3-6-9(13)7(11(14)16)4-15-10(6)8(5)12/h2-4H,1H3,(H2,14,16). The van der Waals surface area contributed by atoms with Crippen molar-refractivity contribution in [2.45, 2.75) is 6.92 Å². The number of rotatable bonds is 1. The van der Waals surface area contributed by atoms with Crippen LogP contribution in [0.3, 0.4) is 0 Å². The Labute approximate surface area is 106 Å². The molecule has 1 heterocycles. The third kappa shape index (κ3) is 1.68. The molecule has 3 nitrogen and oxygen atoms in total. The molecule has 0 aliphatic rings. The molecule has 2 aromatic rings. The maximum Gasteiger partial charge on any atom is 0.251 e. The van der Waals surface area contributed by atoms with Gasteiger partial charge in [0.05, 0.1) is 16.1 Å². The highest BCUT2D eigenvalue weighted by Gasteiger charge is 2.13. The molecule has 1 aromatic carbocycles. The molecule has 0 radical (unpaired) electrons. The van der Waals surface area contributed by atoms with E-state index in [0.29, 0.717) is 5.02 Å². The van der Waals surface area contributed by atoms with Crippen molar-refractivity contribution >= 4 is 44.3 Å². The predicted molar refractivity (Wildman–Crippen MR) is 67.7 cm³/mol. The molecule has 16 heavy (non-hydrogen) atoms. The van der Waals surface area contributed by atoms with Crippen LogP contribution >= 0.6 is 27.5 Å². The Balaban J connectivity index is 2.87. The number of nitrogens with two attached hydrogens (primary N) is 1. The highest BCUT2D eigenvalue weighted by atomic mass is 79.9. The first-order chi connectivity index (χ1) is 7.52. The normalized spacial score (nSPS) is 10.7. The van der Waals surface area contributed by atoms with Crippen molar-refractivity contribution in [3.8, 4) is 0 Å². The molecule has 0 aliphatic carbocycles. The molecular formula is C11H8BrClN2O. The van der Waals surface area contributed by atoms with E-state index >= 15 is 0 Å². The van der Waals surface area contributed by atoms with Gasteiger partial charge in [-0.2, -0.15) is 0 Å². The molecule has 2 N–H and O–H groups in total. The van der Waals surface area contributed by atoms with Gasteiger partial charge in [-0.15, -0.1) is 0 Å². The number of carbonyl (C=O) groups excluding carboxylic acids is 1. The van der Waals surface area contributed by atoms with Crippen LogP contribution in [0.5, 0.6) is 0 Å². The second-order valence-electron chi connectivity index (χ2n) is 3.44. The van der Waals surface area contributed by atoms with Crippen LogP contribution in [-0.2, 0) is 0 Å².